The molecule has 0 aliphatic rings. The summed E-state index contributed by atoms with van der Waals surface area (Å²) in [5, 5.41) is 7.88. The average molecular weight is 270 g/mol. The summed E-state index contributed by atoms with van der Waals surface area (Å²) in [7, 11) is 1.65. The third-order valence-electron chi connectivity index (χ3n) is 2.68. The summed E-state index contributed by atoms with van der Waals surface area (Å²) in [5.74, 6) is 1.02. The summed E-state index contributed by atoms with van der Waals surface area (Å²) in [5.41, 5.74) is 1.89. The Hall–Kier alpha value is -1.40. The van der Waals surface area contributed by atoms with E-state index < -0.39 is 0 Å². The number of ether oxygens (including phenoxy) is 1. The van der Waals surface area contributed by atoms with E-state index in [1.807, 2.05) is 13.8 Å². The van der Waals surface area contributed by atoms with Gasteiger partial charge in [-0.25, -0.2) is 4.98 Å². The second-order valence-corrected chi connectivity index (χ2v) is 4.25. The largest absolute Gasteiger partial charge is 0.383 e. The number of hydrogen-bond acceptors (Lipinski definition) is 5. The molecule has 0 atom stereocenters. The van der Waals surface area contributed by atoms with E-state index in [0.717, 1.165) is 17.7 Å². The zero-order chi connectivity index (χ0) is 13.1. The summed E-state index contributed by atoms with van der Waals surface area (Å²) in [6.07, 6.45) is 0.821. The Morgan fingerprint density at radius 3 is 2.83 bits per heavy atom. The number of nitrogens with zero attached hydrogens (tertiary/aromatic N) is 4. The number of methoxy groups -OCH3 is 1. The fraction of sp³-hybridized carbons (Fsp3) is 0.545. The summed E-state index contributed by atoms with van der Waals surface area (Å²) >= 11 is 6.25. The van der Waals surface area contributed by atoms with E-state index in [4.69, 9.17) is 16.3 Å². The lowest BCUT2D eigenvalue weighted by Crippen LogP contribution is -2.08. The monoisotopic (exact) mass is 269 g/mol. The maximum atomic E-state index is 6.25. The summed E-state index contributed by atoms with van der Waals surface area (Å²) in [6, 6.07) is 0. The molecule has 98 valence electrons. The van der Waals surface area contributed by atoms with Crippen molar-refractivity contribution in [3.63, 3.8) is 0 Å². The van der Waals surface area contributed by atoms with Crippen molar-refractivity contribution >= 4 is 23.3 Å². The van der Waals surface area contributed by atoms with Crippen LogP contribution < -0.4 is 5.32 Å². The average Bonchev–Trinajstić information content (AvgIpc) is 2.77. The molecule has 7 heteroatoms. The van der Waals surface area contributed by atoms with Crippen LogP contribution in [0.2, 0.25) is 5.15 Å². The maximum Gasteiger partial charge on any atom is 0.255 e. The van der Waals surface area contributed by atoms with Crippen molar-refractivity contribution in [1.82, 2.24) is 19.6 Å². The highest BCUT2D eigenvalue weighted by atomic mass is 35.5. The Balaban J connectivity index is 2.35. The van der Waals surface area contributed by atoms with Crippen LogP contribution in [0.1, 0.15) is 18.2 Å². The molecule has 2 aromatic heterocycles. The van der Waals surface area contributed by atoms with Crippen molar-refractivity contribution in [2.24, 2.45) is 0 Å². The van der Waals surface area contributed by atoms with Crippen molar-refractivity contribution < 1.29 is 4.74 Å². The van der Waals surface area contributed by atoms with Gasteiger partial charge in [-0.3, -0.25) is 0 Å². The molecule has 0 aliphatic carbocycles. The third kappa shape index (κ3) is 2.39. The molecule has 0 aromatic carbocycles. The topological polar surface area (TPSA) is 64.3 Å². The minimum atomic E-state index is 0.508. The van der Waals surface area contributed by atoms with Gasteiger partial charge in [0.1, 0.15) is 5.15 Å². The lowest BCUT2D eigenvalue weighted by atomic mass is 10.2. The second-order valence-electron chi connectivity index (χ2n) is 3.89. The normalized spacial score (nSPS) is 11.1. The molecule has 0 amide bonds. The second kappa shape index (κ2) is 5.49. The SMILES string of the molecule is CCc1nc2nc(NCCOC)nn2c(Cl)c1C. The van der Waals surface area contributed by atoms with Crippen LogP contribution in [0, 0.1) is 6.92 Å². The highest BCUT2D eigenvalue weighted by Gasteiger charge is 2.12. The Morgan fingerprint density at radius 1 is 1.39 bits per heavy atom. The molecule has 2 rings (SSSR count). The van der Waals surface area contributed by atoms with Gasteiger partial charge in [0.2, 0.25) is 5.95 Å². The molecule has 1 N–H and O–H groups in total. The molecule has 0 bridgehead atoms. The molecule has 2 aromatic rings. The van der Waals surface area contributed by atoms with Crippen LogP contribution in [-0.2, 0) is 11.2 Å². The molecular weight excluding hydrogens is 254 g/mol. The molecular formula is C11H16ClN5O. The minimum absolute atomic E-state index is 0.508. The number of nitrogens with one attached hydrogen (secondary N) is 1. The molecule has 0 saturated heterocycles. The first kappa shape index (κ1) is 13.0. The number of halogens is 1. The zero-order valence-electron chi connectivity index (χ0n) is 10.7. The summed E-state index contributed by atoms with van der Waals surface area (Å²) in [6.45, 7) is 5.21. The van der Waals surface area contributed by atoms with E-state index in [2.05, 4.69) is 20.4 Å². The van der Waals surface area contributed by atoms with E-state index in [1.54, 1.807) is 11.6 Å². The fourth-order valence-electron chi connectivity index (χ4n) is 1.67. The first-order chi connectivity index (χ1) is 8.67. The molecule has 0 unspecified atom stereocenters. The highest BCUT2D eigenvalue weighted by Crippen LogP contribution is 2.19. The molecule has 0 spiro atoms. The van der Waals surface area contributed by atoms with E-state index in [1.165, 1.54) is 0 Å². The van der Waals surface area contributed by atoms with Gasteiger partial charge in [-0.2, -0.15) is 9.50 Å². The first-order valence-electron chi connectivity index (χ1n) is 5.82. The van der Waals surface area contributed by atoms with Gasteiger partial charge < -0.3 is 10.1 Å². The molecule has 6 nitrogen and oxygen atoms in total. The van der Waals surface area contributed by atoms with Crippen LogP contribution in [-0.4, -0.2) is 39.8 Å². The lowest BCUT2D eigenvalue weighted by Gasteiger charge is -2.04. The Morgan fingerprint density at radius 2 is 2.17 bits per heavy atom. The van der Waals surface area contributed by atoms with Gasteiger partial charge in [-0.05, 0) is 13.3 Å². The predicted octanol–water partition coefficient (Wildman–Crippen LogP) is 1.71. The predicted molar refractivity (Wildman–Crippen MR) is 70.3 cm³/mol. The van der Waals surface area contributed by atoms with Crippen LogP contribution in [0.4, 0.5) is 5.95 Å². The molecule has 0 saturated carbocycles. The smallest absolute Gasteiger partial charge is 0.255 e. The van der Waals surface area contributed by atoms with Gasteiger partial charge in [0, 0.05) is 19.2 Å². The van der Waals surface area contributed by atoms with Gasteiger partial charge >= 0.3 is 0 Å². The Kier molecular flexibility index (Phi) is 3.98. The van der Waals surface area contributed by atoms with Crippen molar-refractivity contribution in [2.75, 3.05) is 25.6 Å². The number of anilines is 1. The van der Waals surface area contributed by atoms with Crippen LogP contribution in [0.25, 0.3) is 5.78 Å². The maximum absolute atomic E-state index is 6.25. The van der Waals surface area contributed by atoms with Crippen LogP contribution in [0.5, 0.6) is 0 Å². The van der Waals surface area contributed by atoms with Gasteiger partial charge in [0.25, 0.3) is 5.78 Å². The number of aryl methyl sites for hydroxylation is 1. The van der Waals surface area contributed by atoms with Crippen LogP contribution >= 0.6 is 11.6 Å². The van der Waals surface area contributed by atoms with Gasteiger partial charge in [-0.1, -0.05) is 18.5 Å². The van der Waals surface area contributed by atoms with Gasteiger partial charge in [-0.15, -0.1) is 5.10 Å². The highest BCUT2D eigenvalue weighted by molar-refractivity contribution is 6.30. The first-order valence-corrected chi connectivity index (χ1v) is 6.19. The van der Waals surface area contributed by atoms with E-state index >= 15 is 0 Å². The standard InChI is InChI=1S/C11H16ClN5O/c1-4-8-7(2)9(12)17-11(14-8)15-10(16-17)13-5-6-18-3/h4-6H2,1-3H3,(H,13,16). The Labute approximate surface area is 110 Å². The third-order valence-corrected chi connectivity index (χ3v) is 3.12. The minimum Gasteiger partial charge on any atom is -0.383 e. The lowest BCUT2D eigenvalue weighted by molar-refractivity contribution is 0.210. The van der Waals surface area contributed by atoms with Crippen LogP contribution in [0.15, 0.2) is 0 Å². The molecule has 0 fully saturated rings. The summed E-state index contributed by atoms with van der Waals surface area (Å²) in [4.78, 5) is 8.72. The van der Waals surface area contributed by atoms with Crippen LogP contribution in [0.3, 0.4) is 0 Å². The Bertz CT molecular complexity index is 554. The molecule has 0 radical (unpaired) electrons. The zero-order valence-corrected chi connectivity index (χ0v) is 11.5. The molecule has 0 aliphatic heterocycles. The molecule has 2 heterocycles. The van der Waals surface area contributed by atoms with E-state index in [9.17, 15) is 0 Å². The summed E-state index contributed by atoms with van der Waals surface area (Å²) < 4.78 is 6.50. The van der Waals surface area contributed by atoms with E-state index in [-0.39, 0.29) is 0 Å². The fourth-order valence-corrected chi connectivity index (χ4v) is 1.90. The number of hydrogen-bond donors (Lipinski definition) is 1. The van der Waals surface area contributed by atoms with Gasteiger partial charge in [0.15, 0.2) is 0 Å². The number of fused-ring (bicyclic) bond motifs is 1. The number of rotatable bonds is 5. The quantitative estimate of drug-likeness (QED) is 0.661. The van der Waals surface area contributed by atoms with Gasteiger partial charge in [0.05, 0.1) is 12.3 Å². The van der Waals surface area contributed by atoms with Crippen molar-refractivity contribution in [1.29, 1.82) is 0 Å². The van der Waals surface area contributed by atoms with Crippen molar-refractivity contribution in [3.8, 4) is 0 Å². The molecule has 18 heavy (non-hydrogen) atoms. The van der Waals surface area contributed by atoms with Crippen molar-refractivity contribution in [3.05, 3.63) is 16.4 Å². The number of aromatic nitrogens is 4. The van der Waals surface area contributed by atoms with E-state index in [0.29, 0.717) is 30.0 Å². The van der Waals surface area contributed by atoms with Crippen molar-refractivity contribution in [2.45, 2.75) is 20.3 Å².